The number of ether oxygens (including phenoxy) is 1. The number of amides is 3. The van der Waals surface area contributed by atoms with Crippen molar-refractivity contribution < 1.29 is 32.6 Å². The molecule has 6 rings (SSSR count). The number of halogens is 3. The number of nitrogens with zero attached hydrogens (tertiary/aromatic N) is 5. The zero-order valence-corrected chi connectivity index (χ0v) is 23.9. The number of anilines is 3. The first-order chi connectivity index (χ1) is 21.6. The number of hydrogen-bond donors (Lipinski definition) is 3. The number of hydrogen-bond acceptors (Lipinski definition) is 9. The van der Waals surface area contributed by atoms with Gasteiger partial charge in [-0.15, -0.1) is 0 Å². The second kappa shape index (κ2) is 12.2. The minimum absolute atomic E-state index is 0.00502. The third kappa shape index (κ3) is 6.83. The molecule has 3 N–H and O–H groups in total. The summed E-state index contributed by atoms with van der Waals surface area (Å²) in [5.41, 5.74) is 0.0787. The van der Waals surface area contributed by atoms with Crippen LogP contribution in [0.2, 0.25) is 0 Å². The van der Waals surface area contributed by atoms with Crippen LogP contribution in [-0.2, 0) is 11.0 Å². The van der Waals surface area contributed by atoms with Crippen LogP contribution >= 0.6 is 11.3 Å². The van der Waals surface area contributed by atoms with E-state index in [1.807, 2.05) is 12.1 Å². The van der Waals surface area contributed by atoms with Gasteiger partial charge in [0, 0.05) is 30.9 Å². The van der Waals surface area contributed by atoms with Gasteiger partial charge in [-0.2, -0.15) is 13.2 Å². The summed E-state index contributed by atoms with van der Waals surface area (Å²) in [6.07, 6.45) is 1.59. The van der Waals surface area contributed by atoms with Crippen LogP contribution < -0.4 is 20.3 Å². The van der Waals surface area contributed by atoms with E-state index < -0.39 is 17.8 Å². The fraction of sp³-hybridized carbons (Fsp3) is 0.133. The summed E-state index contributed by atoms with van der Waals surface area (Å²) >= 11 is 1.43. The number of benzene rings is 2. The number of carbonyl (C=O) groups excluding carboxylic acids is 2. The van der Waals surface area contributed by atoms with Crippen molar-refractivity contribution in [2.45, 2.75) is 19.0 Å². The molecule has 15 heteroatoms. The molecule has 2 aromatic carbocycles. The van der Waals surface area contributed by atoms with Crippen LogP contribution in [0, 0.1) is 0 Å². The first-order valence-corrected chi connectivity index (χ1v) is 14.3. The highest BCUT2D eigenvalue weighted by atomic mass is 32.1. The molecule has 3 aromatic heterocycles. The number of pyridine rings is 1. The lowest BCUT2D eigenvalue weighted by atomic mass is 10.1. The van der Waals surface area contributed by atoms with Crippen LogP contribution in [-0.4, -0.2) is 43.5 Å². The smallest absolute Gasteiger partial charge is 0.417 e. The van der Waals surface area contributed by atoms with Crippen LogP contribution in [0.1, 0.15) is 18.4 Å². The number of nitrogens with one attached hydrogen (secondary N) is 2. The van der Waals surface area contributed by atoms with Gasteiger partial charge in [0.1, 0.15) is 11.5 Å². The van der Waals surface area contributed by atoms with Crippen LogP contribution in [0.5, 0.6) is 17.5 Å². The molecular formula is C30H22F3N7O4S. The predicted octanol–water partition coefficient (Wildman–Crippen LogP) is 6.95. The fourth-order valence-corrected chi connectivity index (χ4v) is 5.45. The summed E-state index contributed by atoms with van der Waals surface area (Å²) in [5.74, 6) is 0.409. The van der Waals surface area contributed by atoms with Crippen LogP contribution in [0.4, 0.5) is 34.5 Å². The van der Waals surface area contributed by atoms with Crippen molar-refractivity contribution in [2.24, 2.45) is 0 Å². The van der Waals surface area contributed by atoms with Gasteiger partial charge in [-0.05, 0) is 54.4 Å². The molecule has 0 bridgehead atoms. The molecule has 1 fully saturated rings. The lowest BCUT2D eigenvalue weighted by Gasteiger charge is -2.14. The Hall–Kier alpha value is -5.57. The topological polar surface area (TPSA) is 142 Å². The van der Waals surface area contributed by atoms with E-state index in [2.05, 4.69) is 30.6 Å². The summed E-state index contributed by atoms with van der Waals surface area (Å²) in [7, 11) is 0. The Morgan fingerprint density at radius 1 is 0.933 bits per heavy atom. The van der Waals surface area contributed by atoms with E-state index >= 15 is 0 Å². The molecule has 0 spiro atoms. The molecule has 0 atom stereocenters. The van der Waals surface area contributed by atoms with Gasteiger partial charge >= 0.3 is 18.2 Å². The molecule has 228 valence electrons. The number of carbonyl (C=O) groups is 2. The van der Waals surface area contributed by atoms with Gasteiger partial charge in [0.05, 0.1) is 39.9 Å². The molecule has 0 saturated carbocycles. The van der Waals surface area contributed by atoms with E-state index in [0.717, 1.165) is 22.9 Å². The summed E-state index contributed by atoms with van der Waals surface area (Å²) < 4.78 is 45.8. The number of aromatic hydroxyl groups is 1. The van der Waals surface area contributed by atoms with Crippen LogP contribution in [0.25, 0.3) is 21.7 Å². The van der Waals surface area contributed by atoms with Crippen molar-refractivity contribution in [3.63, 3.8) is 0 Å². The Bertz CT molecular complexity index is 1870. The molecule has 1 saturated heterocycles. The van der Waals surface area contributed by atoms with Crippen LogP contribution in [0.3, 0.4) is 0 Å². The maximum absolute atomic E-state index is 13.4. The fourth-order valence-electron chi connectivity index (χ4n) is 4.48. The lowest BCUT2D eigenvalue weighted by Crippen LogP contribution is -2.23. The Labute approximate surface area is 257 Å². The summed E-state index contributed by atoms with van der Waals surface area (Å²) in [6, 6.07) is 12.8. The molecule has 1 aliphatic heterocycles. The highest BCUT2D eigenvalue weighted by Gasteiger charge is 2.32. The second-order valence-corrected chi connectivity index (χ2v) is 10.8. The number of phenols is 1. The van der Waals surface area contributed by atoms with E-state index in [4.69, 9.17) is 4.74 Å². The average molecular weight is 634 g/mol. The van der Waals surface area contributed by atoms with Gasteiger partial charge in [-0.1, -0.05) is 23.5 Å². The number of aromatic nitrogens is 4. The minimum Gasteiger partial charge on any atom is -0.508 e. The number of urea groups is 1. The van der Waals surface area contributed by atoms with Crippen molar-refractivity contribution in [3.8, 4) is 39.2 Å². The number of rotatable bonds is 7. The monoisotopic (exact) mass is 633 g/mol. The Morgan fingerprint density at radius 3 is 2.40 bits per heavy atom. The Morgan fingerprint density at radius 2 is 1.71 bits per heavy atom. The first-order valence-electron chi connectivity index (χ1n) is 13.4. The van der Waals surface area contributed by atoms with E-state index in [1.54, 1.807) is 23.2 Å². The van der Waals surface area contributed by atoms with Crippen LogP contribution in [0.15, 0.2) is 79.4 Å². The standard InChI is InChI=1S/C30H22F3N7O4S/c31-30(32,33)19-12-23(26(34-13-19)18-3-1-4-21(41)11-18)39-27(43)38-20-14-35-28(36-15-20)44-22-8-6-17(7-9-22)24-16-37-29(45-24)40-10-2-5-25(40)42/h1,3-4,6-9,11-16,41H,2,5,10H2,(H2,38,39,43). The summed E-state index contributed by atoms with van der Waals surface area (Å²) in [4.78, 5) is 43.7. The first kappa shape index (κ1) is 29.5. The Kier molecular flexibility index (Phi) is 8.00. The largest absolute Gasteiger partial charge is 0.508 e. The molecule has 4 heterocycles. The molecule has 0 aliphatic carbocycles. The summed E-state index contributed by atoms with van der Waals surface area (Å²) in [6.45, 7) is 0.673. The third-order valence-electron chi connectivity index (χ3n) is 6.61. The number of phenolic OH excluding ortho intramolecular Hbond substituents is 1. The van der Waals surface area contributed by atoms with Crippen molar-refractivity contribution in [1.82, 2.24) is 19.9 Å². The van der Waals surface area contributed by atoms with Crippen molar-refractivity contribution >= 4 is 39.8 Å². The SMILES string of the molecule is O=C(Nc1cnc(Oc2ccc(-c3cnc(N4CCCC4=O)s3)cc2)nc1)Nc1cc(C(F)(F)F)cnc1-c1cccc(O)c1. The normalized spacial score (nSPS) is 13.1. The average Bonchev–Trinajstić information content (AvgIpc) is 3.67. The lowest BCUT2D eigenvalue weighted by molar-refractivity contribution is -0.137. The quantitative estimate of drug-likeness (QED) is 0.175. The highest BCUT2D eigenvalue weighted by Crippen LogP contribution is 2.36. The zero-order valence-electron chi connectivity index (χ0n) is 23.1. The maximum Gasteiger partial charge on any atom is 0.417 e. The number of alkyl halides is 3. The van der Waals surface area contributed by atoms with Crippen molar-refractivity contribution in [1.29, 1.82) is 0 Å². The summed E-state index contributed by atoms with van der Waals surface area (Å²) in [5, 5.41) is 15.3. The van der Waals surface area contributed by atoms with Gasteiger partial charge in [-0.3, -0.25) is 14.7 Å². The van der Waals surface area contributed by atoms with E-state index in [0.29, 0.717) is 35.6 Å². The third-order valence-corrected chi connectivity index (χ3v) is 7.68. The number of thiazole rings is 1. The van der Waals surface area contributed by atoms with E-state index in [9.17, 15) is 27.9 Å². The maximum atomic E-state index is 13.4. The molecule has 5 aromatic rings. The van der Waals surface area contributed by atoms with Crippen molar-refractivity contribution in [2.75, 3.05) is 22.1 Å². The van der Waals surface area contributed by atoms with Crippen molar-refractivity contribution in [3.05, 3.63) is 84.9 Å². The van der Waals surface area contributed by atoms with Gasteiger partial charge in [0.2, 0.25) is 5.91 Å². The van der Waals surface area contributed by atoms with E-state index in [1.165, 1.54) is 48.0 Å². The molecule has 11 nitrogen and oxygen atoms in total. The molecule has 45 heavy (non-hydrogen) atoms. The minimum atomic E-state index is -4.69. The highest BCUT2D eigenvalue weighted by molar-refractivity contribution is 7.19. The molecular weight excluding hydrogens is 611 g/mol. The van der Waals surface area contributed by atoms with Gasteiger partial charge in [-0.25, -0.2) is 19.7 Å². The van der Waals surface area contributed by atoms with Gasteiger partial charge in [0.25, 0.3) is 0 Å². The van der Waals surface area contributed by atoms with Gasteiger partial charge < -0.3 is 20.5 Å². The van der Waals surface area contributed by atoms with Gasteiger partial charge in [0.15, 0.2) is 5.13 Å². The zero-order chi connectivity index (χ0) is 31.6. The second-order valence-electron chi connectivity index (χ2n) is 9.78. The molecule has 0 radical (unpaired) electrons. The Balaban J connectivity index is 1.10. The molecule has 0 unspecified atom stereocenters. The molecule has 3 amide bonds. The predicted molar refractivity (Wildman–Crippen MR) is 160 cm³/mol. The van der Waals surface area contributed by atoms with E-state index in [-0.39, 0.29) is 34.7 Å². The molecule has 1 aliphatic rings.